The van der Waals surface area contributed by atoms with Crippen LogP contribution in [0.15, 0.2) is 66.7 Å². The van der Waals surface area contributed by atoms with E-state index in [9.17, 15) is 10.1 Å². The van der Waals surface area contributed by atoms with Crippen LogP contribution in [0, 0.1) is 11.3 Å². The van der Waals surface area contributed by atoms with E-state index < -0.39 is 5.97 Å². The standard InChI is InChI=1S/C26H26N4O2S/c1-3-28-26(33)30-23-11-7-10-22(25(31)32-4-2)24(23)29-17-18-12-14-19(15-13-18)21-9-6-5-8-20(21)16-27/h5-15,29H,3-4,17H2,1-2H3,(H2,28,30,33). The number of benzene rings is 3. The number of ether oxygens (including phenoxy) is 1. The Morgan fingerprint density at radius 3 is 2.48 bits per heavy atom. The van der Waals surface area contributed by atoms with E-state index >= 15 is 0 Å². The number of anilines is 2. The number of esters is 1. The first-order chi connectivity index (χ1) is 16.1. The molecular weight excluding hydrogens is 432 g/mol. The minimum absolute atomic E-state index is 0.289. The van der Waals surface area contributed by atoms with Gasteiger partial charge in [-0.25, -0.2) is 4.79 Å². The van der Waals surface area contributed by atoms with Gasteiger partial charge in [0.15, 0.2) is 5.11 Å². The van der Waals surface area contributed by atoms with Crippen LogP contribution < -0.4 is 16.0 Å². The second-order valence-corrected chi connectivity index (χ2v) is 7.55. The van der Waals surface area contributed by atoms with Gasteiger partial charge in [0.1, 0.15) is 0 Å². The van der Waals surface area contributed by atoms with Gasteiger partial charge in [-0.1, -0.05) is 48.5 Å². The van der Waals surface area contributed by atoms with Gasteiger partial charge in [0.2, 0.25) is 0 Å². The summed E-state index contributed by atoms with van der Waals surface area (Å²) in [5, 5.41) is 19.4. The summed E-state index contributed by atoms with van der Waals surface area (Å²) >= 11 is 5.32. The largest absolute Gasteiger partial charge is 0.462 e. The van der Waals surface area contributed by atoms with Gasteiger partial charge in [0, 0.05) is 13.1 Å². The lowest BCUT2D eigenvalue weighted by atomic mass is 9.99. The molecule has 7 heteroatoms. The van der Waals surface area contributed by atoms with E-state index in [1.807, 2.05) is 61.5 Å². The summed E-state index contributed by atoms with van der Waals surface area (Å²) in [5.74, 6) is -0.401. The van der Waals surface area contributed by atoms with Crippen molar-refractivity contribution in [2.75, 3.05) is 23.8 Å². The zero-order chi connectivity index (χ0) is 23.6. The molecule has 0 aromatic heterocycles. The van der Waals surface area contributed by atoms with Crippen LogP contribution in [-0.2, 0) is 11.3 Å². The summed E-state index contributed by atoms with van der Waals surface area (Å²) in [7, 11) is 0. The van der Waals surface area contributed by atoms with Crippen molar-refractivity contribution in [2.45, 2.75) is 20.4 Å². The van der Waals surface area contributed by atoms with Crippen molar-refractivity contribution in [3.8, 4) is 17.2 Å². The number of carbonyl (C=O) groups excluding carboxylic acids is 1. The average Bonchev–Trinajstić information content (AvgIpc) is 2.83. The van der Waals surface area contributed by atoms with Crippen LogP contribution in [0.2, 0.25) is 0 Å². The monoisotopic (exact) mass is 458 g/mol. The van der Waals surface area contributed by atoms with E-state index in [0.717, 1.165) is 16.7 Å². The first-order valence-electron chi connectivity index (χ1n) is 10.7. The molecule has 0 fully saturated rings. The number of hydrogen-bond acceptors (Lipinski definition) is 5. The molecule has 0 saturated carbocycles. The fourth-order valence-corrected chi connectivity index (χ4v) is 3.63. The highest BCUT2D eigenvalue weighted by Gasteiger charge is 2.17. The van der Waals surface area contributed by atoms with E-state index in [1.54, 1.807) is 19.1 Å². The topological polar surface area (TPSA) is 86.2 Å². The Labute approximate surface area is 199 Å². The molecule has 3 aromatic rings. The summed E-state index contributed by atoms with van der Waals surface area (Å²) in [6.45, 7) is 5.20. The van der Waals surface area contributed by atoms with Crippen LogP contribution in [-0.4, -0.2) is 24.2 Å². The third kappa shape index (κ3) is 6.09. The van der Waals surface area contributed by atoms with Gasteiger partial charge in [0.05, 0.1) is 35.2 Å². The van der Waals surface area contributed by atoms with Crippen molar-refractivity contribution in [3.63, 3.8) is 0 Å². The SMILES string of the molecule is CCNC(=S)Nc1cccc(C(=O)OCC)c1NCc1ccc(-c2ccccc2C#N)cc1. The fourth-order valence-electron chi connectivity index (χ4n) is 3.38. The highest BCUT2D eigenvalue weighted by atomic mass is 32.1. The van der Waals surface area contributed by atoms with E-state index in [1.165, 1.54) is 0 Å². The molecule has 0 saturated heterocycles. The Kier molecular flexibility index (Phi) is 8.39. The molecule has 6 nitrogen and oxygen atoms in total. The maximum atomic E-state index is 12.5. The number of carbonyl (C=O) groups is 1. The molecule has 168 valence electrons. The van der Waals surface area contributed by atoms with Crippen molar-refractivity contribution < 1.29 is 9.53 Å². The van der Waals surface area contributed by atoms with Crippen LogP contribution >= 0.6 is 12.2 Å². The second kappa shape index (κ2) is 11.7. The highest BCUT2D eigenvalue weighted by molar-refractivity contribution is 7.80. The first-order valence-corrected chi connectivity index (χ1v) is 11.2. The molecule has 3 aromatic carbocycles. The smallest absolute Gasteiger partial charge is 0.340 e. The van der Waals surface area contributed by atoms with Gasteiger partial charge < -0.3 is 20.7 Å². The third-order valence-electron chi connectivity index (χ3n) is 4.93. The Morgan fingerprint density at radius 2 is 1.79 bits per heavy atom. The van der Waals surface area contributed by atoms with Gasteiger partial charge >= 0.3 is 5.97 Å². The molecule has 0 aliphatic rings. The van der Waals surface area contributed by atoms with Crippen LogP contribution in [0.1, 0.15) is 35.3 Å². The third-order valence-corrected chi connectivity index (χ3v) is 5.17. The predicted octanol–water partition coefficient (Wildman–Crippen LogP) is 5.32. The number of rotatable bonds is 8. The van der Waals surface area contributed by atoms with E-state index in [4.69, 9.17) is 17.0 Å². The van der Waals surface area contributed by atoms with Crippen molar-refractivity contribution >= 4 is 34.7 Å². The molecule has 33 heavy (non-hydrogen) atoms. The minimum atomic E-state index is -0.401. The Bertz CT molecular complexity index is 1170. The molecule has 0 spiro atoms. The molecule has 0 aliphatic heterocycles. The second-order valence-electron chi connectivity index (χ2n) is 7.14. The van der Waals surface area contributed by atoms with Crippen LogP contribution in [0.3, 0.4) is 0 Å². The summed E-state index contributed by atoms with van der Waals surface area (Å²) in [6, 6.07) is 23.1. The molecular formula is C26H26N4O2S. The van der Waals surface area contributed by atoms with Gasteiger partial charge in [-0.3, -0.25) is 0 Å². The number of thiocarbonyl (C=S) groups is 1. The number of nitriles is 1. The molecule has 0 bridgehead atoms. The maximum Gasteiger partial charge on any atom is 0.340 e. The zero-order valence-electron chi connectivity index (χ0n) is 18.6. The molecule has 0 heterocycles. The van der Waals surface area contributed by atoms with Gasteiger partial charge in [-0.2, -0.15) is 5.26 Å². The van der Waals surface area contributed by atoms with Gasteiger partial charge in [-0.15, -0.1) is 0 Å². The average molecular weight is 459 g/mol. The molecule has 0 unspecified atom stereocenters. The molecule has 0 aliphatic carbocycles. The van der Waals surface area contributed by atoms with Crippen molar-refractivity contribution in [1.82, 2.24) is 5.32 Å². The highest BCUT2D eigenvalue weighted by Crippen LogP contribution is 2.29. The van der Waals surface area contributed by atoms with E-state index in [2.05, 4.69) is 22.0 Å². The van der Waals surface area contributed by atoms with Crippen LogP contribution in [0.25, 0.3) is 11.1 Å². The Balaban J connectivity index is 1.84. The van der Waals surface area contributed by atoms with E-state index in [-0.39, 0.29) is 6.61 Å². The summed E-state index contributed by atoms with van der Waals surface area (Å²) in [6.07, 6.45) is 0. The number of hydrogen-bond donors (Lipinski definition) is 3. The van der Waals surface area contributed by atoms with Gasteiger partial charge in [-0.05, 0) is 61.0 Å². The summed E-state index contributed by atoms with van der Waals surface area (Å²) in [4.78, 5) is 12.5. The predicted molar refractivity (Wildman–Crippen MR) is 136 cm³/mol. The number of nitrogens with one attached hydrogen (secondary N) is 3. The quantitative estimate of drug-likeness (QED) is 0.311. The molecule has 3 N–H and O–H groups in total. The lowest BCUT2D eigenvalue weighted by molar-refractivity contribution is 0.0527. The lowest BCUT2D eigenvalue weighted by Gasteiger charge is -2.18. The van der Waals surface area contributed by atoms with Crippen LogP contribution in [0.5, 0.6) is 0 Å². The van der Waals surface area contributed by atoms with Crippen molar-refractivity contribution in [3.05, 3.63) is 83.4 Å². The summed E-state index contributed by atoms with van der Waals surface area (Å²) < 4.78 is 5.23. The minimum Gasteiger partial charge on any atom is -0.462 e. The molecule has 3 rings (SSSR count). The number of nitrogens with zero attached hydrogens (tertiary/aromatic N) is 1. The lowest BCUT2D eigenvalue weighted by Crippen LogP contribution is -2.28. The van der Waals surface area contributed by atoms with Crippen LogP contribution in [0.4, 0.5) is 11.4 Å². The zero-order valence-corrected chi connectivity index (χ0v) is 19.5. The Hall–Kier alpha value is -3.89. The summed E-state index contributed by atoms with van der Waals surface area (Å²) in [5.41, 5.74) is 5.27. The molecule has 0 radical (unpaired) electrons. The number of para-hydroxylation sites is 1. The van der Waals surface area contributed by atoms with Gasteiger partial charge in [0.25, 0.3) is 0 Å². The first kappa shape index (κ1) is 23.8. The van der Waals surface area contributed by atoms with Crippen molar-refractivity contribution in [2.24, 2.45) is 0 Å². The Morgan fingerprint density at radius 1 is 1.03 bits per heavy atom. The molecule has 0 amide bonds. The normalized spacial score (nSPS) is 10.1. The molecule has 0 atom stereocenters. The fraction of sp³-hybridized carbons (Fsp3) is 0.192. The maximum absolute atomic E-state index is 12.5. The van der Waals surface area contributed by atoms with Crippen molar-refractivity contribution in [1.29, 1.82) is 5.26 Å². The van der Waals surface area contributed by atoms with E-state index in [0.29, 0.717) is 40.7 Å².